The molecule has 1 aliphatic heterocycles. The third kappa shape index (κ3) is 2.76. The van der Waals surface area contributed by atoms with Crippen molar-refractivity contribution in [3.63, 3.8) is 0 Å². The van der Waals surface area contributed by atoms with Crippen LogP contribution in [0.15, 0.2) is 0 Å². The Kier molecular flexibility index (Phi) is 3.16. The molecule has 0 saturated carbocycles. The number of carbonyl (C=O) groups excluding carboxylic acids is 1. The van der Waals surface area contributed by atoms with Gasteiger partial charge in [0.05, 0.1) is 0 Å². The fraction of sp³-hybridized carbons (Fsp3) is 0.857. The molecule has 4 heteroatoms. The largest absolute Gasteiger partial charge is 0.341 e. The quantitative estimate of drug-likeness (QED) is 0.488. The Hall–Kier alpha value is -0.770. The second-order valence-electron chi connectivity index (χ2n) is 2.75. The molecule has 11 heavy (non-hydrogen) atoms. The van der Waals surface area contributed by atoms with Gasteiger partial charge in [-0.15, -0.1) is 0 Å². The average molecular weight is 157 g/mol. The van der Waals surface area contributed by atoms with Crippen LogP contribution in [-0.2, 0) is 0 Å². The van der Waals surface area contributed by atoms with E-state index in [4.69, 9.17) is 0 Å². The van der Waals surface area contributed by atoms with Gasteiger partial charge in [-0.05, 0) is 25.9 Å². The highest BCUT2D eigenvalue weighted by Gasteiger charge is 2.13. The number of amides is 2. The lowest BCUT2D eigenvalue weighted by atomic mass is 10.1. The predicted molar refractivity (Wildman–Crippen MR) is 43.5 cm³/mol. The fourth-order valence-corrected chi connectivity index (χ4v) is 1.22. The van der Waals surface area contributed by atoms with E-state index < -0.39 is 0 Å². The van der Waals surface area contributed by atoms with Crippen molar-refractivity contribution in [2.24, 2.45) is 0 Å². The average Bonchev–Trinajstić information content (AvgIpc) is 2.06. The molecular formula is C7H15N3O. The SMILES string of the molecule is CNC(=O)NC1CCNCC1. The van der Waals surface area contributed by atoms with Crippen LogP contribution in [0.25, 0.3) is 0 Å². The topological polar surface area (TPSA) is 53.2 Å². The van der Waals surface area contributed by atoms with Gasteiger partial charge in [-0.25, -0.2) is 4.79 Å². The summed E-state index contributed by atoms with van der Waals surface area (Å²) in [5.41, 5.74) is 0. The zero-order valence-corrected chi connectivity index (χ0v) is 6.81. The summed E-state index contributed by atoms with van der Waals surface area (Å²) in [7, 11) is 1.64. The number of hydrogen-bond acceptors (Lipinski definition) is 2. The standard InChI is InChI=1S/C7H15N3O/c1-8-7(11)10-6-2-4-9-5-3-6/h6,9H,2-5H2,1H3,(H2,8,10,11). The minimum absolute atomic E-state index is 0.0723. The zero-order chi connectivity index (χ0) is 8.10. The summed E-state index contributed by atoms with van der Waals surface area (Å²) in [6, 6.07) is 0.285. The van der Waals surface area contributed by atoms with Crippen molar-refractivity contribution in [1.82, 2.24) is 16.0 Å². The van der Waals surface area contributed by atoms with E-state index >= 15 is 0 Å². The maximum absolute atomic E-state index is 10.8. The van der Waals surface area contributed by atoms with E-state index in [0.717, 1.165) is 25.9 Å². The monoisotopic (exact) mass is 157 g/mol. The van der Waals surface area contributed by atoms with Crippen LogP contribution in [0.2, 0.25) is 0 Å². The Morgan fingerprint density at radius 3 is 2.64 bits per heavy atom. The highest BCUT2D eigenvalue weighted by atomic mass is 16.2. The Balaban J connectivity index is 2.19. The molecule has 3 N–H and O–H groups in total. The van der Waals surface area contributed by atoms with Crippen molar-refractivity contribution >= 4 is 6.03 Å². The van der Waals surface area contributed by atoms with E-state index in [1.807, 2.05) is 0 Å². The molecule has 4 nitrogen and oxygen atoms in total. The van der Waals surface area contributed by atoms with Crippen molar-refractivity contribution in [1.29, 1.82) is 0 Å². The molecule has 0 aliphatic carbocycles. The first kappa shape index (κ1) is 8.33. The molecule has 0 atom stereocenters. The molecule has 1 aliphatic rings. The van der Waals surface area contributed by atoms with E-state index in [2.05, 4.69) is 16.0 Å². The molecular weight excluding hydrogens is 142 g/mol. The van der Waals surface area contributed by atoms with Crippen molar-refractivity contribution in [3.8, 4) is 0 Å². The Bertz CT molecular complexity index is 132. The van der Waals surface area contributed by atoms with Crippen molar-refractivity contribution < 1.29 is 4.79 Å². The maximum atomic E-state index is 10.8. The maximum Gasteiger partial charge on any atom is 0.314 e. The molecule has 2 amide bonds. The highest BCUT2D eigenvalue weighted by Crippen LogP contribution is 2.00. The molecule has 1 rings (SSSR count). The van der Waals surface area contributed by atoms with Crippen molar-refractivity contribution in [2.75, 3.05) is 20.1 Å². The van der Waals surface area contributed by atoms with Crippen LogP contribution in [0.5, 0.6) is 0 Å². The predicted octanol–water partition coefficient (Wildman–Crippen LogP) is -0.333. The Morgan fingerprint density at radius 1 is 1.45 bits per heavy atom. The molecule has 0 radical (unpaired) electrons. The Morgan fingerprint density at radius 2 is 2.09 bits per heavy atom. The summed E-state index contributed by atoms with van der Waals surface area (Å²) in [5.74, 6) is 0. The molecule has 0 spiro atoms. The molecule has 0 aromatic carbocycles. The lowest BCUT2D eigenvalue weighted by molar-refractivity contribution is 0.235. The van der Waals surface area contributed by atoms with Gasteiger partial charge in [0.2, 0.25) is 0 Å². The second-order valence-corrected chi connectivity index (χ2v) is 2.75. The smallest absolute Gasteiger partial charge is 0.314 e. The molecule has 1 saturated heterocycles. The van der Waals surface area contributed by atoms with E-state index in [1.165, 1.54) is 0 Å². The molecule has 1 heterocycles. The van der Waals surface area contributed by atoms with E-state index in [-0.39, 0.29) is 6.03 Å². The van der Waals surface area contributed by atoms with Crippen LogP contribution in [0, 0.1) is 0 Å². The molecule has 0 aromatic rings. The number of nitrogens with one attached hydrogen (secondary N) is 3. The summed E-state index contributed by atoms with van der Waals surface area (Å²) in [6.07, 6.45) is 2.07. The molecule has 64 valence electrons. The number of carbonyl (C=O) groups is 1. The summed E-state index contributed by atoms with van der Waals surface area (Å²) in [5, 5.41) is 8.65. The van der Waals surface area contributed by atoms with Gasteiger partial charge in [0, 0.05) is 13.1 Å². The number of rotatable bonds is 1. The molecule has 0 unspecified atom stereocenters. The van der Waals surface area contributed by atoms with Crippen LogP contribution in [0.1, 0.15) is 12.8 Å². The summed E-state index contributed by atoms with van der Waals surface area (Å²) in [6.45, 7) is 2.02. The van der Waals surface area contributed by atoms with E-state index in [0.29, 0.717) is 6.04 Å². The van der Waals surface area contributed by atoms with E-state index in [1.54, 1.807) is 7.05 Å². The second kappa shape index (κ2) is 4.18. The van der Waals surface area contributed by atoms with Crippen LogP contribution >= 0.6 is 0 Å². The third-order valence-corrected chi connectivity index (χ3v) is 1.90. The zero-order valence-electron chi connectivity index (χ0n) is 6.81. The van der Waals surface area contributed by atoms with Gasteiger partial charge in [-0.3, -0.25) is 0 Å². The van der Waals surface area contributed by atoms with Gasteiger partial charge >= 0.3 is 6.03 Å². The summed E-state index contributed by atoms with van der Waals surface area (Å²) >= 11 is 0. The van der Waals surface area contributed by atoms with Gasteiger partial charge in [0.25, 0.3) is 0 Å². The van der Waals surface area contributed by atoms with Crippen molar-refractivity contribution in [3.05, 3.63) is 0 Å². The molecule has 0 aromatic heterocycles. The first-order valence-electron chi connectivity index (χ1n) is 4.02. The number of piperidine rings is 1. The minimum atomic E-state index is -0.0723. The highest BCUT2D eigenvalue weighted by molar-refractivity contribution is 5.73. The lowest BCUT2D eigenvalue weighted by Gasteiger charge is -2.23. The first-order chi connectivity index (χ1) is 5.33. The van der Waals surface area contributed by atoms with Crippen LogP contribution in [0.3, 0.4) is 0 Å². The lowest BCUT2D eigenvalue weighted by Crippen LogP contribution is -2.45. The number of hydrogen-bond donors (Lipinski definition) is 3. The normalized spacial score (nSPS) is 19.4. The first-order valence-corrected chi connectivity index (χ1v) is 4.02. The van der Waals surface area contributed by atoms with E-state index in [9.17, 15) is 4.79 Å². The third-order valence-electron chi connectivity index (χ3n) is 1.90. The van der Waals surface area contributed by atoms with Crippen LogP contribution in [-0.4, -0.2) is 32.2 Å². The number of urea groups is 1. The Labute approximate surface area is 66.7 Å². The van der Waals surface area contributed by atoms with Crippen LogP contribution < -0.4 is 16.0 Å². The summed E-state index contributed by atoms with van der Waals surface area (Å²) in [4.78, 5) is 10.8. The minimum Gasteiger partial charge on any atom is -0.341 e. The molecule has 0 bridgehead atoms. The van der Waals surface area contributed by atoms with Gasteiger partial charge < -0.3 is 16.0 Å². The van der Waals surface area contributed by atoms with Gasteiger partial charge in [-0.1, -0.05) is 0 Å². The van der Waals surface area contributed by atoms with Gasteiger partial charge in [0.1, 0.15) is 0 Å². The van der Waals surface area contributed by atoms with Crippen LogP contribution in [0.4, 0.5) is 4.79 Å². The fourth-order valence-electron chi connectivity index (χ4n) is 1.22. The van der Waals surface area contributed by atoms with Gasteiger partial charge in [0.15, 0.2) is 0 Å². The van der Waals surface area contributed by atoms with Crippen molar-refractivity contribution in [2.45, 2.75) is 18.9 Å². The van der Waals surface area contributed by atoms with Gasteiger partial charge in [-0.2, -0.15) is 0 Å². The molecule has 1 fully saturated rings. The summed E-state index contributed by atoms with van der Waals surface area (Å²) < 4.78 is 0.